The molecule has 1 aliphatic heterocycles. The van der Waals surface area contributed by atoms with Gasteiger partial charge in [-0.25, -0.2) is 9.37 Å². The highest BCUT2D eigenvalue weighted by Gasteiger charge is 2.21. The molecule has 0 amide bonds. The minimum Gasteiger partial charge on any atom is -0.447 e. The Balaban J connectivity index is 1.92. The Kier molecular flexibility index (Phi) is 4.30. The Morgan fingerprint density at radius 2 is 2.31 bits per heavy atom. The van der Waals surface area contributed by atoms with Crippen molar-refractivity contribution in [1.29, 1.82) is 0 Å². The Bertz CT molecular complexity index is 285. The van der Waals surface area contributed by atoms with Gasteiger partial charge in [0.05, 0.1) is 12.7 Å². The molecule has 5 heteroatoms. The van der Waals surface area contributed by atoms with Crippen molar-refractivity contribution in [3.63, 3.8) is 0 Å². The lowest BCUT2D eigenvalue weighted by Gasteiger charge is -2.33. The Labute approximate surface area is 94.8 Å². The first kappa shape index (κ1) is 11.5. The Morgan fingerprint density at radius 1 is 1.50 bits per heavy atom. The van der Waals surface area contributed by atoms with Gasteiger partial charge >= 0.3 is 0 Å². The number of hydrogen-bond donors (Lipinski definition) is 1. The molecule has 0 aromatic carbocycles. The third-order valence-corrected chi connectivity index (χ3v) is 3.04. The molecular formula is C11H18FN3O. The second kappa shape index (κ2) is 5.96. The Morgan fingerprint density at radius 3 is 2.94 bits per heavy atom. The quantitative estimate of drug-likeness (QED) is 0.820. The molecule has 4 nitrogen and oxygen atoms in total. The molecule has 1 fully saturated rings. The van der Waals surface area contributed by atoms with Gasteiger partial charge in [0.2, 0.25) is 0 Å². The van der Waals surface area contributed by atoms with Crippen LogP contribution in [0.5, 0.6) is 0 Å². The van der Waals surface area contributed by atoms with Crippen LogP contribution >= 0.6 is 0 Å². The highest BCUT2D eigenvalue weighted by Crippen LogP contribution is 2.15. The van der Waals surface area contributed by atoms with Crippen LogP contribution in [0, 0.1) is 0 Å². The van der Waals surface area contributed by atoms with E-state index in [0.29, 0.717) is 19.1 Å². The second-order valence-corrected chi connectivity index (χ2v) is 4.11. The maximum Gasteiger partial charge on any atom is 0.180 e. The van der Waals surface area contributed by atoms with Gasteiger partial charge in [-0.15, -0.1) is 0 Å². The van der Waals surface area contributed by atoms with Crippen LogP contribution in [0.1, 0.15) is 18.6 Å². The average molecular weight is 227 g/mol. The first-order chi connectivity index (χ1) is 7.90. The monoisotopic (exact) mass is 227 g/mol. The lowest BCUT2D eigenvalue weighted by Crippen LogP contribution is -2.43. The molecular weight excluding hydrogens is 209 g/mol. The standard InChI is InChI=1S/C11H18FN3O/c12-3-6-15(8-11-7-14-9-16-11)10-1-4-13-5-2-10/h7,9-10,13H,1-6,8H2. The number of rotatable bonds is 5. The molecule has 2 heterocycles. The maximum absolute atomic E-state index is 12.5. The van der Waals surface area contributed by atoms with Crippen LogP contribution in [-0.2, 0) is 6.54 Å². The van der Waals surface area contributed by atoms with Crippen molar-refractivity contribution < 1.29 is 8.81 Å². The van der Waals surface area contributed by atoms with Crippen LogP contribution in [0.3, 0.4) is 0 Å². The number of piperidine rings is 1. The fourth-order valence-corrected chi connectivity index (χ4v) is 2.19. The van der Waals surface area contributed by atoms with Gasteiger partial charge in [-0.3, -0.25) is 4.90 Å². The smallest absolute Gasteiger partial charge is 0.180 e. The zero-order valence-corrected chi connectivity index (χ0v) is 9.36. The summed E-state index contributed by atoms with van der Waals surface area (Å²) in [6.07, 6.45) is 5.28. The third-order valence-electron chi connectivity index (χ3n) is 3.04. The summed E-state index contributed by atoms with van der Waals surface area (Å²) in [5.41, 5.74) is 0. The van der Waals surface area contributed by atoms with Gasteiger partial charge < -0.3 is 9.73 Å². The van der Waals surface area contributed by atoms with Gasteiger partial charge in [0.15, 0.2) is 6.39 Å². The van der Waals surface area contributed by atoms with Crippen LogP contribution in [0.25, 0.3) is 0 Å². The molecule has 2 rings (SSSR count). The van der Waals surface area contributed by atoms with E-state index in [2.05, 4.69) is 15.2 Å². The van der Waals surface area contributed by atoms with Gasteiger partial charge in [-0.2, -0.15) is 0 Å². The number of aromatic nitrogens is 1. The van der Waals surface area contributed by atoms with Gasteiger partial charge in [-0.05, 0) is 25.9 Å². The second-order valence-electron chi connectivity index (χ2n) is 4.11. The molecule has 1 aromatic rings. The highest BCUT2D eigenvalue weighted by molar-refractivity contribution is 4.90. The molecule has 0 atom stereocenters. The maximum atomic E-state index is 12.5. The number of halogens is 1. The topological polar surface area (TPSA) is 41.3 Å². The van der Waals surface area contributed by atoms with Crippen molar-refractivity contribution in [2.75, 3.05) is 26.3 Å². The Hall–Kier alpha value is -0.940. The zero-order chi connectivity index (χ0) is 11.2. The third kappa shape index (κ3) is 3.02. The van der Waals surface area contributed by atoms with E-state index in [-0.39, 0.29) is 6.67 Å². The lowest BCUT2D eigenvalue weighted by molar-refractivity contribution is 0.133. The largest absolute Gasteiger partial charge is 0.447 e. The molecule has 1 aromatic heterocycles. The summed E-state index contributed by atoms with van der Waals surface area (Å²) in [4.78, 5) is 6.04. The van der Waals surface area contributed by atoms with Crippen LogP contribution in [0.2, 0.25) is 0 Å². The summed E-state index contributed by atoms with van der Waals surface area (Å²) in [6, 6.07) is 0.460. The molecule has 16 heavy (non-hydrogen) atoms. The van der Waals surface area contributed by atoms with Crippen molar-refractivity contribution in [2.24, 2.45) is 0 Å². The van der Waals surface area contributed by atoms with E-state index in [1.54, 1.807) is 6.20 Å². The summed E-state index contributed by atoms with van der Waals surface area (Å²) in [7, 11) is 0. The van der Waals surface area contributed by atoms with Gasteiger partial charge in [0.1, 0.15) is 12.4 Å². The van der Waals surface area contributed by atoms with E-state index in [1.165, 1.54) is 6.39 Å². The van der Waals surface area contributed by atoms with E-state index >= 15 is 0 Å². The van der Waals surface area contributed by atoms with Gasteiger partial charge in [-0.1, -0.05) is 0 Å². The minimum absolute atomic E-state index is 0.307. The number of oxazole rings is 1. The zero-order valence-electron chi connectivity index (χ0n) is 9.36. The molecule has 0 unspecified atom stereocenters. The van der Waals surface area contributed by atoms with Crippen LogP contribution < -0.4 is 5.32 Å². The molecule has 1 saturated heterocycles. The van der Waals surface area contributed by atoms with Crippen molar-refractivity contribution >= 4 is 0 Å². The summed E-state index contributed by atoms with van der Waals surface area (Å²) >= 11 is 0. The van der Waals surface area contributed by atoms with Crippen molar-refractivity contribution in [1.82, 2.24) is 15.2 Å². The van der Waals surface area contributed by atoms with Crippen molar-refractivity contribution in [3.8, 4) is 0 Å². The van der Waals surface area contributed by atoms with E-state index < -0.39 is 0 Å². The fourth-order valence-electron chi connectivity index (χ4n) is 2.19. The van der Waals surface area contributed by atoms with Crippen LogP contribution in [-0.4, -0.2) is 42.2 Å². The van der Waals surface area contributed by atoms with E-state index in [4.69, 9.17) is 4.42 Å². The summed E-state index contributed by atoms with van der Waals surface area (Å²) in [6.45, 7) is 2.87. The normalized spacial score (nSPS) is 18.1. The SMILES string of the molecule is FCCN(Cc1cnco1)C1CCNCC1. The minimum atomic E-state index is -0.307. The van der Waals surface area contributed by atoms with E-state index in [1.807, 2.05) is 0 Å². The molecule has 90 valence electrons. The molecule has 0 bridgehead atoms. The van der Waals surface area contributed by atoms with Crippen LogP contribution in [0.15, 0.2) is 17.0 Å². The molecule has 0 spiro atoms. The summed E-state index contributed by atoms with van der Waals surface area (Å²) in [5.74, 6) is 0.812. The summed E-state index contributed by atoms with van der Waals surface area (Å²) in [5, 5.41) is 3.31. The van der Waals surface area contributed by atoms with E-state index in [0.717, 1.165) is 31.7 Å². The first-order valence-corrected chi connectivity index (χ1v) is 5.78. The molecule has 1 N–H and O–H groups in total. The molecule has 0 radical (unpaired) electrons. The van der Waals surface area contributed by atoms with Gasteiger partial charge in [0.25, 0.3) is 0 Å². The lowest BCUT2D eigenvalue weighted by atomic mass is 10.0. The van der Waals surface area contributed by atoms with Crippen molar-refractivity contribution in [2.45, 2.75) is 25.4 Å². The predicted octanol–water partition coefficient (Wildman–Crippen LogP) is 1.20. The average Bonchev–Trinajstić information content (AvgIpc) is 2.83. The number of alkyl halides is 1. The molecule has 1 aliphatic rings. The van der Waals surface area contributed by atoms with Crippen LogP contribution in [0.4, 0.5) is 4.39 Å². The molecule has 0 saturated carbocycles. The van der Waals surface area contributed by atoms with Gasteiger partial charge in [0, 0.05) is 12.6 Å². The number of nitrogens with zero attached hydrogens (tertiary/aromatic N) is 2. The predicted molar refractivity (Wildman–Crippen MR) is 58.8 cm³/mol. The van der Waals surface area contributed by atoms with Crippen molar-refractivity contribution in [3.05, 3.63) is 18.4 Å². The summed E-state index contributed by atoms with van der Waals surface area (Å²) < 4.78 is 17.7. The molecule has 0 aliphatic carbocycles. The highest BCUT2D eigenvalue weighted by atomic mass is 19.1. The number of nitrogens with one attached hydrogen (secondary N) is 1. The first-order valence-electron chi connectivity index (χ1n) is 5.78. The fraction of sp³-hybridized carbons (Fsp3) is 0.727. The number of hydrogen-bond acceptors (Lipinski definition) is 4. The van der Waals surface area contributed by atoms with E-state index in [9.17, 15) is 4.39 Å².